The molecule has 0 fully saturated rings. The Bertz CT molecular complexity index is 628. The van der Waals surface area contributed by atoms with Crippen LogP contribution in [0, 0.1) is 11.8 Å². The predicted molar refractivity (Wildman–Crippen MR) is 83.0 cm³/mol. The summed E-state index contributed by atoms with van der Waals surface area (Å²) in [7, 11) is 0. The number of hydrogen-bond donors (Lipinski definition) is 0. The Balaban J connectivity index is 1.96. The summed E-state index contributed by atoms with van der Waals surface area (Å²) in [5, 5.41) is 0. The molecular formula is C19H16O. The fraction of sp³-hybridized carbons (Fsp3) is 0.105. The van der Waals surface area contributed by atoms with Crippen LogP contribution in [0.25, 0.3) is 6.08 Å². The van der Waals surface area contributed by atoms with E-state index in [1.807, 2.05) is 54.6 Å². The van der Waals surface area contributed by atoms with Crippen molar-refractivity contribution < 1.29 is 4.79 Å². The average molecular weight is 260 g/mol. The summed E-state index contributed by atoms with van der Waals surface area (Å²) >= 11 is 0. The first kappa shape index (κ1) is 13.8. The van der Waals surface area contributed by atoms with Crippen molar-refractivity contribution >= 4 is 12.4 Å². The standard InChI is InChI=1S/C19H16O/c20-16-19(15-18-12-5-2-6-13-18)14-8-7-11-17-9-3-1-4-10-17/h1-6,9-10,12-13,15-16H,7,11H2/b19-15+. The maximum Gasteiger partial charge on any atom is 0.158 e. The molecule has 0 aromatic heterocycles. The van der Waals surface area contributed by atoms with Gasteiger partial charge in [-0.3, -0.25) is 4.79 Å². The lowest BCUT2D eigenvalue weighted by atomic mass is 10.1. The van der Waals surface area contributed by atoms with Crippen LogP contribution in [0.3, 0.4) is 0 Å². The highest BCUT2D eigenvalue weighted by atomic mass is 16.1. The molecule has 0 N–H and O–H groups in total. The highest BCUT2D eigenvalue weighted by molar-refractivity contribution is 5.87. The summed E-state index contributed by atoms with van der Waals surface area (Å²) in [4.78, 5) is 11.0. The third kappa shape index (κ3) is 4.59. The molecule has 2 aromatic carbocycles. The number of rotatable bonds is 4. The van der Waals surface area contributed by atoms with Crippen LogP contribution in [0.1, 0.15) is 17.5 Å². The molecular weight excluding hydrogens is 244 g/mol. The quantitative estimate of drug-likeness (QED) is 0.463. The van der Waals surface area contributed by atoms with Gasteiger partial charge in [-0.15, -0.1) is 0 Å². The van der Waals surface area contributed by atoms with Crippen molar-refractivity contribution in [2.24, 2.45) is 0 Å². The summed E-state index contributed by atoms with van der Waals surface area (Å²) < 4.78 is 0. The van der Waals surface area contributed by atoms with Gasteiger partial charge in [-0.1, -0.05) is 72.5 Å². The largest absolute Gasteiger partial charge is 0.297 e. The van der Waals surface area contributed by atoms with Crippen molar-refractivity contribution in [3.8, 4) is 11.8 Å². The molecule has 0 amide bonds. The smallest absolute Gasteiger partial charge is 0.158 e. The van der Waals surface area contributed by atoms with E-state index in [4.69, 9.17) is 0 Å². The van der Waals surface area contributed by atoms with Gasteiger partial charge >= 0.3 is 0 Å². The first-order valence-corrected chi connectivity index (χ1v) is 6.63. The Morgan fingerprint density at radius 3 is 2.25 bits per heavy atom. The molecule has 0 saturated heterocycles. The van der Waals surface area contributed by atoms with E-state index < -0.39 is 0 Å². The van der Waals surface area contributed by atoms with Crippen LogP contribution in [0.2, 0.25) is 0 Å². The lowest BCUT2D eigenvalue weighted by molar-refractivity contribution is -0.104. The van der Waals surface area contributed by atoms with E-state index in [0.29, 0.717) is 5.57 Å². The summed E-state index contributed by atoms with van der Waals surface area (Å²) in [6, 6.07) is 20.0. The highest BCUT2D eigenvalue weighted by Gasteiger charge is 1.92. The second-order valence-electron chi connectivity index (χ2n) is 4.42. The van der Waals surface area contributed by atoms with Gasteiger partial charge in [-0.2, -0.15) is 0 Å². The summed E-state index contributed by atoms with van der Waals surface area (Å²) in [6.07, 6.45) is 4.28. The lowest BCUT2D eigenvalue weighted by Gasteiger charge is -1.95. The number of hydrogen-bond acceptors (Lipinski definition) is 1. The molecule has 2 aromatic rings. The minimum atomic E-state index is 0.518. The molecule has 0 unspecified atom stereocenters. The zero-order valence-electron chi connectivity index (χ0n) is 11.3. The third-order valence-electron chi connectivity index (χ3n) is 2.86. The van der Waals surface area contributed by atoms with Gasteiger partial charge in [-0.25, -0.2) is 0 Å². The number of benzene rings is 2. The molecule has 0 aliphatic carbocycles. The molecule has 0 heterocycles. The summed E-state index contributed by atoms with van der Waals surface area (Å²) in [5.74, 6) is 5.99. The number of aryl methyl sites for hydroxylation is 1. The first-order valence-electron chi connectivity index (χ1n) is 6.63. The Hall–Kier alpha value is -2.59. The van der Waals surface area contributed by atoms with E-state index in [0.717, 1.165) is 24.7 Å². The minimum absolute atomic E-state index is 0.518. The molecule has 0 spiro atoms. The number of allylic oxidation sites excluding steroid dienone is 1. The van der Waals surface area contributed by atoms with E-state index in [2.05, 4.69) is 24.0 Å². The van der Waals surface area contributed by atoms with Gasteiger partial charge in [-0.05, 0) is 23.6 Å². The SMILES string of the molecule is O=C/C(C#CCCc1ccccc1)=C/c1ccccc1. The molecule has 1 heteroatoms. The second-order valence-corrected chi connectivity index (χ2v) is 4.42. The highest BCUT2D eigenvalue weighted by Crippen LogP contribution is 2.05. The lowest BCUT2D eigenvalue weighted by Crippen LogP contribution is -1.84. The van der Waals surface area contributed by atoms with Crippen LogP contribution < -0.4 is 0 Å². The maximum atomic E-state index is 11.0. The zero-order valence-corrected chi connectivity index (χ0v) is 11.3. The molecule has 0 radical (unpaired) electrons. The molecule has 0 saturated carbocycles. The van der Waals surface area contributed by atoms with Gasteiger partial charge in [0.25, 0.3) is 0 Å². The van der Waals surface area contributed by atoms with Crippen molar-refractivity contribution in [2.45, 2.75) is 12.8 Å². The zero-order chi connectivity index (χ0) is 14.0. The van der Waals surface area contributed by atoms with E-state index in [1.54, 1.807) is 0 Å². The van der Waals surface area contributed by atoms with Crippen molar-refractivity contribution in [3.05, 3.63) is 77.4 Å². The van der Waals surface area contributed by atoms with Gasteiger partial charge < -0.3 is 0 Å². The molecule has 1 nitrogen and oxygen atoms in total. The molecule has 20 heavy (non-hydrogen) atoms. The Kier molecular flexibility index (Phi) is 5.37. The predicted octanol–water partition coefficient (Wildman–Crippen LogP) is 3.91. The van der Waals surface area contributed by atoms with Crippen LogP contribution in [-0.2, 0) is 11.2 Å². The molecule has 0 atom stereocenters. The molecule has 98 valence electrons. The van der Waals surface area contributed by atoms with Crippen LogP contribution in [0.15, 0.2) is 66.2 Å². The fourth-order valence-corrected chi connectivity index (χ4v) is 1.84. The fourth-order valence-electron chi connectivity index (χ4n) is 1.84. The normalized spacial score (nSPS) is 10.5. The van der Waals surface area contributed by atoms with Crippen molar-refractivity contribution in [1.82, 2.24) is 0 Å². The maximum absolute atomic E-state index is 11.0. The van der Waals surface area contributed by atoms with E-state index in [-0.39, 0.29) is 0 Å². The summed E-state index contributed by atoms with van der Waals surface area (Å²) in [5.41, 5.74) is 2.78. The monoisotopic (exact) mass is 260 g/mol. The topological polar surface area (TPSA) is 17.1 Å². The average Bonchev–Trinajstić information content (AvgIpc) is 2.52. The van der Waals surface area contributed by atoms with Crippen LogP contribution >= 0.6 is 0 Å². The van der Waals surface area contributed by atoms with Gasteiger partial charge in [0.1, 0.15) is 0 Å². The molecule has 2 rings (SSSR count). The van der Waals surface area contributed by atoms with Gasteiger partial charge in [0, 0.05) is 6.42 Å². The number of carbonyl (C=O) groups excluding carboxylic acids is 1. The number of aldehydes is 1. The van der Waals surface area contributed by atoms with E-state index >= 15 is 0 Å². The van der Waals surface area contributed by atoms with Gasteiger partial charge in [0.15, 0.2) is 6.29 Å². The van der Waals surface area contributed by atoms with E-state index in [1.165, 1.54) is 5.56 Å². The van der Waals surface area contributed by atoms with Crippen molar-refractivity contribution in [2.75, 3.05) is 0 Å². The summed E-state index contributed by atoms with van der Waals surface area (Å²) in [6.45, 7) is 0. The van der Waals surface area contributed by atoms with Gasteiger partial charge in [0.05, 0.1) is 5.57 Å². The number of carbonyl (C=O) groups is 1. The molecule has 0 aliphatic heterocycles. The van der Waals surface area contributed by atoms with Crippen molar-refractivity contribution in [3.63, 3.8) is 0 Å². The Morgan fingerprint density at radius 1 is 0.950 bits per heavy atom. The van der Waals surface area contributed by atoms with Crippen LogP contribution in [-0.4, -0.2) is 6.29 Å². The third-order valence-corrected chi connectivity index (χ3v) is 2.86. The second kappa shape index (κ2) is 7.76. The van der Waals surface area contributed by atoms with Crippen LogP contribution in [0.4, 0.5) is 0 Å². The van der Waals surface area contributed by atoms with Crippen LogP contribution in [0.5, 0.6) is 0 Å². The minimum Gasteiger partial charge on any atom is -0.297 e. The first-order chi connectivity index (χ1) is 9.88. The van der Waals surface area contributed by atoms with E-state index in [9.17, 15) is 4.79 Å². The Morgan fingerprint density at radius 2 is 1.60 bits per heavy atom. The van der Waals surface area contributed by atoms with Crippen molar-refractivity contribution in [1.29, 1.82) is 0 Å². The molecule has 0 aliphatic rings. The van der Waals surface area contributed by atoms with Gasteiger partial charge in [0.2, 0.25) is 0 Å². The molecule has 0 bridgehead atoms. The Labute approximate surface area is 120 Å².